The Morgan fingerprint density at radius 1 is 1.58 bits per heavy atom. The molecule has 1 heterocycles. The summed E-state index contributed by atoms with van der Waals surface area (Å²) in [5, 5.41) is 2.76. The summed E-state index contributed by atoms with van der Waals surface area (Å²) in [4.78, 5) is 11.7. The Hall–Kier alpha value is -0.410. The first-order valence-corrected chi connectivity index (χ1v) is 7.69. The zero-order valence-corrected chi connectivity index (χ0v) is 12.8. The minimum Gasteiger partial charge on any atom is -0.383 e. The first-order valence-electron chi connectivity index (χ1n) is 5.84. The minimum atomic E-state index is -3.20. The molecule has 0 aromatic carbocycles. The number of piperidine rings is 1. The van der Waals surface area contributed by atoms with Gasteiger partial charge < -0.3 is 15.8 Å². The lowest BCUT2D eigenvalue weighted by Crippen LogP contribution is -2.53. The molecule has 0 aromatic heterocycles. The predicted molar refractivity (Wildman–Crippen MR) is 74.7 cm³/mol. The average Bonchev–Trinajstić information content (AvgIpc) is 2.28. The van der Waals surface area contributed by atoms with Crippen LogP contribution in [0.15, 0.2) is 0 Å². The van der Waals surface area contributed by atoms with Crippen LogP contribution in [-0.2, 0) is 19.6 Å². The van der Waals surface area contributed by atoms with Gasteiger partial charge in [-0.15, -0.1) is 12.4 Å². The van der Waals surface area contributed by atoms with Crippen LogP contribution < -0.4 is 11.1 Å². The fraction of sp³-hybridized carbons (Fsp3) is 0.900. The fourth-order valence-electron chi connectivity index (χ4n) is 1.92. The summed E-state index contributed by atoms with van der Waals surface area (Å²) in [6, 6.07) is -0.896. The Bertz CT molecular complexity index is 390. The van der Waals surface area contributed by atoms with E-state index in [1.165, 1.54) is 17.7 Å². The smallest absolute Gasteiger partial charge is 0.239 e. The van der Waals surface area contributed by atoms with Gasteiger partial charge in [0, 0.05) is 26.2 Å². The molecule has 1 aliphatic rings. The number of hydrogen-bond acceptors (Lipinski definition) is 5. The van der Waals surface area contributed by atoms with Gasteiger partial charge in [-0.3, -0.25) is 4.79 Å². The Kier molecular flexibility index (Phi) is 7.83. The van der Waals surface area contributed by atoms with Crippen molar-refractivity contribution in [2.45, 2.75) is 24.9 Å². The summed E-state index contributed by atoms with van der Waals surface area (Å²) in [5.41, 5.74) is 5.60. The molecule has 1 saturated heterocycles. The molecule has 2 atom stereocenters. The van der Waals surface area contributed by atoms with Gasteiger partial charge in [0.25, 0.3) is 0 Å². The van der Waals surface area contributed by atoms with Gasteiger partial charge in [-0.05, 0) is 12.8 Å². The maximum Gasteiger partial charge on any atom is 0.239 e. The summed E-state index contributed by atoms with van der Waals surface area (Å²) >= 11 is 0. The third-order valence-electron chi connectivity index (χ3n) is 2.88. The minimum absolute atomic E-state index is 0. The van der Waals surface area contributed by atoms with E-state index >= 15 is 0 Å². The molecule has 0 aromatic rings. The number of amides is 1. The van der Waals surface area contributed by atoms with Crippen molar-refractivity contribution in [2.75, 3.05) is 33.1 Å². The molecule has 0 radical (unpaired) electrons. The molecule has 0 saturated carbocycles. The molecule has 2 unspecified atom stereocenters. The first kappa shape index (κ1) is 18.6. The van der Waals surface area contributed by atoms with Crippen LogP contribution in [0.2, 0.25) is 0 Å². The standard InChI is InChI=1S/C10H21N3O4S.ClH/c1-17-7-9(11)10(14)12-8-4-3-5-13(6-8)18(2,15)16;/h8-9H,3-7,11H2,1-2H3,(H,12,14);1H. The molecule has 19 heavy (non-hydrogen) atoms. The first-order chi connectivity index (χ1) is 8.34. The van der Waals surface area contributed by atoms with E-state index in [0.717, 1.165) is 12.8 Å². The predicted octanol–water partition coefficient (Wildman–Crippen LogP) is -1.08. The summed E-state index contributed by atoms with van der Waals surface area (Å²) in [6.45, 7) is 0.966. The lowest BCUT2D eigenvalue weighted by atomic mass is 10.1. The van der Waals surface area contributed by atoms with Gasteiger partial charge in [0.1, 0.15) is 6.04 Å². The van der Waals surface area contributed by atoms with E-state index in [9.17, 15) is 13.2 Å². The van der Waals surface area contributed by atoms with Crippen molar-refractivity contribution in [3.05, 3.63) is 0 Å². The monoisotopic (exact) mass is 315 g/mol. The lowest BCUT2D eigenvalue weighted by molar-refractivity contribution is -0.124. The van der Waals surface area contributed by atoms with Gasteiger partial charge in [0.2, 0.25) is 15.9 Å². The molecule has 0 bridgehead atoms. The number of nitrogens with one attached hydrogen (secondary N) is 1. The maximum atomic E-state index is 11.7. The van der Waals surface area contributed by atoms with Gasteiger partial charge in [-0.1, -0.05) is 0 Å². The number of carbonyl (C=O) groups is 1. The zero-order valence-electron chi connectivity index (χ0n) is 11.2. The second-order valence-corrected chi connectivity index (χ2v) is 6.51. The average molecular weight is 316 g/mol. The molecule has 7 nitrogen and oxygen atoms in total. The van der Waals surface area contributed by atoms with E-state index in [2.05, 4.69) is 5.32 Å². The van der Waals surface area contributed by atoms with Crippen molar-refractivity contribution in [3.63, 3.8) is 0 Å². The largest absolute Gasteiger partial charge is 0.383 e. The number of methoxy groups -OCH3 is 1. The molecule has 114 valence electrons. The molecule has 1 rings (SSSR count). The highest BCUT2D eigenvalue weighted by Crippen LogP contribution is 2.13. The van der Waals surface area contributed by atoms with Crippen molar-refractivity contribution in [1.82, 2.24) is 9.62 Å². The molecule has 1 fully saturated rings. The third-order valence-corrected chi connectivity index (χ3v) is 4.15. The maximum absolute atomic E-state index is 11.7. The molecular formula is C10H22ClN3O4S. The second kappa shape index (κ2) is 8.01. The number of rotatable bonds is 5. The number of carbonyl (C=O) groups excluding carboxylic acids is 1. The lowest BCUT2D eigenvalue weighted by Gasteiger charge is -2.31. The fourth-order valence-corrected chi connectivity index (χ4v) is 2.84. The zero-order chi connectivity index (χ0) is 13.8. The number of halogens is 1. The quantitative estimate of drug-likeness (QED) is 0.672. The van der Waals surface area contributed by atoms with Gasteiger partial charge in [0.15, 0.2) is 0 Å². The second-order valence-electron chi connectivity index (χ2n) is 4.53. The van der Waals surface area contributed by atoms with Crippen molar-refractivity contribution >= 4 is 28.3 Å². The highest BCUT2D eigenvalue weighted by atomic mass is 35.5. The Balaban J connectivity index is 0.00000324. The van der Waals surface area contributed by atoms with Crippen LogP contribution in [0.5, 0.6) is 0 Å². The third kappa shape index (κ3) is 6.05. The SMILES string of the molecule is COCC(N)C(=O)NC1CCCN(S(C)(=O)=O)C1.Cl. The van der Waals surface area contributed by atoms with Gasteiger partial charge in [-0.2, -0.15) is 0 Å². The van der Waals surface area contributed by atoms with E-state index in [0.29, 0.717) is 13.1 Å². The van der Waals surface area contributed by atoms with Crippen LogP contribution in [0, 0.1) is 0 Å². The molecule has 0 spiro atoms. The van der Waals surface area contributed by atoms with Crippen LogP contribution in [0.3, 0.4) is 0 Å². The number of nitrogens with zero attached hydrogens (tertiary/aromatic N) is 1. The van der Waals surface area contributed by atoms with Crippen molar-refractivity contribution in [2.24, 2.45) is 5.73 Å². The molecule has 9 heteroatoms. The summed E-state index contributed by atoms with van der Waals surface area (Å²) in [6.07, 6.45) is 2.67. The van der Waals surface area contributed by atoms with E-state index in [1.54, 1.807) is 0 Å². The Morgan fingerprint density at radius 3 is 2.74 bits per heavy atom. The van der Waals surface area contributed by atoms with Crippen LogP contribution in [0.4, 0.5) is 0 Å². The van der Waals surface area contributed by atoms with E-state index in [-0.39, 0.29) is 31.0 Å². The van der Waals surface area contributed by atoms with Gasteiger partial charge in [-0.25, -0.2) is 12.7 Å². The molecule has 0 aliphatic carbocycles. The van der Waals surface area contributed by atoms with Crippen LogP contribution in [-0.4, -0.2) is 63.8 Å². The summed E-state index contributed by atoms with van der Waals surface area (Å²) in [7, 11) is -1.73. The molecule has 3 N–H and O–H groups in total. The van der Waals surface area contributed by atoms with Crippen molar-refractivity contribution < 1.29 is 17.9 Å². The highest BCUT2D eigenvalue weighted by molar-refractivity contribution is 7.88. The van der Waals surface area contributed by atoms with Crippen molar-refractivity contribution in [3.8, 4) is 0 Å². The molecule has 1 amide bonds. The summed E-state index contributed by atoms with van der Waals surface area (Å²) < 4.78 is 29.0. The topological polar surface area (TPSA) is 102 Å². The van der Waals surface area contributed by atoms with Crippen LogP contribution in [0.1, 0.15) is 12.8 Å². The molecular weight excluding hydrogens is 294 g/mol. The Labute approximate surface area is 120 Å². The number of sulfonamides is 1. The van der Waals surface area contributed by atoms with Gasteiger partial charge >= 0.3 is 0 Å². The van der Waals surface area contributed by atoms with Crippen LogP contribution in [0.25, 0.3) is 0 Å². The van der Waals surface area contributed by atoms with Crippen molar-refractivity contribution in [1.29, 1.82) is 0 Å². The van der Waals surface area contributed by atoms with E-state index in [4.69, 9.17) is 10.5 Å². The number of nitrogens with two attached hydrogens (primary N) is 1. The van der Waals surface area contributed by atoms with Crippen LogP contribution >= 0.6 is 12.4 Å². The van der Waals surface area contributed by atoms with E-state index < -0.39 is 16.1 Å². The number of hydrogen-bond donors (Lipinski definition) is 2. The number of ether oxygens (including phenoxy) is 1. The summed E-state index contributed by atoms with van der Waals surface area (Å²) in [5.74, 6) is -0.308. The van der Waals surface area contributed by atoms with Gasteiger partial charge in [0.05, 0.1) is 12.9 Å². The molecule has 1 aliphatic heterocycles. The van der Waals surface area contributed by atoms with E-state index in [1.807, 2.05) is 0 Å². The Morgan fingerprint density at radius 2 is 2.21 bits per heavy atom. The highest BCUT2D eigenvalue weighted by Gasteiger charge is 2.27. The normalized spacial score (nSPS) is 22.4.